The van der Waals surface area contributed by atoms with Crippen LogP contribution >= 0.6 is 0 Å². The van der Waals surface area contributed by atoms with Crippen molar-refractivity contribution >= 4 is 11.9 Å². The molecule has 4 nitrogen and oxygen atoms in total. The molecule has 2 aliphatic carbocycles. The molecule has 0 aromatic carbocycles. The predicted octanol–water partition coefficient (Wildman–Crippen LogP) is 0.966. The number of aliphatic carboxylic acids is 1. The third-order valence-electron chi connectivity index (χ3n) is 3.80. The van der Waals surface area contributed by atoms with E-state index in [0.29, 0.717) is 5.92 Å². The molecule has 2 saturated carbocycles. The highest BCUT2D eigenvalue weighted by atomic mass is 16.4. The fraction of sp³-hybridized carbons (Fsp3) is 0.818. The van der Waals surface area contributed by atoms with Crippen LogP contribution in [0.4, 0.5) is 0 Å². The third-order valence-corrected chi connectivity index (χ3v) is 3.80. The molecule has 0 heterocycles. The quantitative estimate of drug-likeness (QED) is 0.756. The van der Waals surface area contributed by atoms with Gasteiger partial charge in [0.05, 0.1) is 0 Å². The Morgan fingerprint density at radius 2 is 2.07 bits per heavy atom. The number of likely N-dealkylation sites (N-methyl/N-ethyl adjacent to an activating group) is 1. The maximum atomic E-state index is 11.9. The minimum atomic E-state index is -0.936. The molecule has 0 aromatic rings. The minimum absolute atomic E-state index is 0.0320. The molecular weight excluding hydrogens is 194 g/mol. The first-order valence-electron chi connectivity index (χ1n) is 5.54. The second kappa shape index (κ2) is 3.83. The first-order chi connectivity index (χ1) is 7.08. The summed E-state index contributed by atoms with van der Waals surface area (Å²) in [5.74, 6) is 0.452. The summed E-state index contributed by atoms with van der Waals surface area (Å²) >= 11 is 0. The standard InChI is InChI=1S/C11H17NO3/c1-12(6-10(13)14)11(15)9-5-7-2-3-8(9)4-7/h7-9H,2-6H2,1H3,(H,13,14). The number of carboxylic acids is 1. The van der Waals surface area contributed by atoms with E-state index >= 15 is 0 Å². The molecule has 2 aliphatic rings. The lowest BCUT2D eigenvalue weighted by molar-refractivity contribution is -0.145. The minimum Gasteiger partial charge on any atom is -0.480 e. The number of hydrogen-bond donors (Lipinski definition) is 1. The van der Waals surface area contributed by atoms with Crippen LogP contribution in [0, 0.1) is 17.8 Å². The zero-order valence-electron chi connectivity index (χ0n) is 8.98. The van der Waals surface area contributed by atoms with Crippen molar-refractivity contribution < 1.29 is 14.7 Å². The molecule has 0 aliphatic heterocycles. The Hall–Kier alpha value is -1.06. The van der Waals surface area contributed by atoms with Gasteiger partial charge in [-0.2, -0.15) is 0 Å². The number of hydrogen-bond acceptors (Lipinski definition) is 2. The number of carbonyl (C=O) groups excluding carboxylic acids is 1. The van der Waals surface area contributed by atoms with Crippen LogP contribution in [0.15, 0.2) is 0 Å². The van der Waals surface area contributed by atoms with Gasteiger partial charge in [0.15, 0.2) is 0 Å². The van der Waals surface area contributed by atoms with Crippen LogP contribution in [0.25, 0.3) is 0 Å². The van der Waals surface area contributed by atoms with E-state index in [0.717, 1.165) is 18.8 Å². The molecule has 15 heavy (non-hydrogen) atoms. The van der Waals surface area contributed by atoms with Gasteiger partial charge in [0, 0.05) is 13.0 Å². The van der Waals surface area contributed by atoms with Crippen molar-refractivity contribution in [2.24, 2.45) is 17.8 Å². The Labute approximate surface area is 89.3 Å². The largest absolute Gasteiger partial charge is 0.480 e. The molecule has 4 heteroatoms. The summed E-state index contributed by atoms with van der Waals surface area (Å²) in [6.07, 6.45) is 4.57. The van der Waals surface area contributed by atoms with Crippen LogP contribution in [0.2, 0.25) is 0 Å². The fourth-order valence-corrected chi connectivity index (χ4v) is 3.11. The van der Waals surface area contributed by atoms with Gasteiger partial charge in [0.2, 0.25) is 5.91 Å². The van der Waals surface area contributed by atoms with Gasteiger partial charge in [0.1, 0.15) is 6.54 Å². The summed E-state index contributed by atoms with van der Waals surface area (Å²) in [4.78, 5) is 23.8. The van der Waals surface area contributed by atoms with E-state index in [1.54, 1.807) is 7.05 Å². The summed E-state index contributed by atoms with van der Waals surface area (Å²) in [6.45, 7) is -0.174. The SMILES string of the molecule is CN(CC(=O)O)C(=O)C1CC2CCC1C2. The molecule has 0 aromatic heterocycles. The number of carboxylic acid groups (broad SMARTS) is 1. The van der Waals surface area contributed by atoms with E-state index in [9.17, 15) is 9.59 Å². The monoisotopic (exact) mass is 211 g/mol. The summed E-state index contributed by atoms with van der Waals surface area (Å²) < 4.78 is 0. The second-order valence-electron chi connectivity index (χ2n) is 4.87. The Balaban J connectivity index is 1.93. The van der Waals surface area contributed by atoms with Crippen LogP contribution in [0.3, 0.4) is 0 Å². The molecule has 3 atom stereocenters. The lowest BCUT2D eigenvalue weighted by Crippen LogP contribution is -2.38. The van der Waals surface area contributed by atoms with Gasteiger partial charge in [0.25, 0.3) is 0 Å². The van der Waals surface area contributed by atoms with E-state index in [1.165, 1.54) is 17.7 Å². The van der Waals surface area contributed by atoms with Crippen molar-refractivity contribution in [1.82, 2.24) is 4.90 Å². The summed E-state index contributed by atoms with van der Waals surface area (Å²) in [7, 11) is 1.59. The fourth-order valence-electron chi connectivity index (χ4n) is 3.11. The van der Waals surface area contributed by atoms with Crippen LogP contribution in [0.5, 0.6) is 0 Å². The second-order valence-corrected chi connectivity index (χ2v) is 4.87. The molecule has 84 valence electrons. The summed E-state index contributed by atoms with van der Waals surface area (Å²) in [5, 5.41) is 8.61. The average molecular weight is 211 g/mol. The average Bonchev–Trinajstić information content (AvgIpc) is 2.76. The number of fused-ring (bicyclic) bond motifs is 2. The smallest absolute Gasteiger partial charge is 0.323 e. The summed E-state index contributed by atoms with van der Waals surface area (Å²) in [6, 6.07) is 0. The molecular formula is C11H17NO3. The number of nitrogens with zero attached hydrogens (tertiary/aromatic N) is 1. The van der Waals surface area contributed by atoms with E-state index in [2.05, 4.69) is 0 Å². The van der Waals surface area contributed by atoms with Crippen molar-refractivity contribution in [3.8, 4) is 0 Å². The van der Waals surface area contributed by atoms with Crippen molar-refractivity contribution in [2.45, 2.75) is 25.7 Å². The first-order valence-corrected chi connectivity index (χ1v) is 5.54. The van der Waals surface area contributed by atoms with Gasteiger partial charge in [-0.15, -0.1) is 0 Å². The van der Waals surface area contributed by atoms with Crippen LogP contribution in [-0.4, -0.2) is 35.5 Å². The number of rotatable bonds is 3. The van der Waals surface area contributed by atoms with Gasteiger partial charge in [-0.1, -0.05) is 6.42 Å². The van der Waals surface area contributed by atoms with E-state index in [-0.39, 0.29) is 18.4 Å². The highest BCUT2D eigenvalue weighted by molar-refractivity contribution is 5.83. The van der Waals surface area contributed by atoms with Crippen molar-refractivity contribution in [2.75, 3.05) is 13.6 Å². The lowest BCUT2D eigenvalue weighted by atomic mass is 9.88. The Bertz CT molecular complexity index is 290. The maximum absolute atomic E-state index is 11.9. The zero-order chi connectivity index (χ0) is 11.0. The van der Waals surface area contributed by atoms with Crippen molar-refractivity contribution in [1.29, 1.82) is 0 Å². The molecule has 3 unspecified atom stereocenters. The van der Waals surface area contributed by atoms with Gasteiger partial charge in [-0.05, 0) is 31.1 Å². The molecule has 0 radical (unpaired) electrons. The predicted molar refractivity (Wildman–Crippen MR) is 54.2 cm³/mol. The molecule has 1 N–H and O–H groups in total. The van der Waals surface area contributed by atoms with Gasteiger partial charge < -0.3 is 10.0 Å². The summed E-state index contributed by atoms with van der Waals surface area (Å²) in [5.41, 5.74) is 0. The van der Waals surface area contributed by atoms with Gasteiger partial charge in [-0.3, -0.25) is 9.59 Å². The molecule has 1 amide bonds. The first kappa shape index (κ1) is 10.5. The third kappa shape index (κ3) is 1.98. The van der Waals surface area contributed by atoms with Crippen LogP contribution in [0.1, 0.15) is 25.7 Å². The zero-order valence-corrected chi connectivity index (χ0v) is 8.98. The normalized spacial score (nSPS) is 33.0. The lowest BCUT2D eigenvalue weighted by Gasteiger charge is -2.25. The Morgan fingerprint density at radius 3 is 2.53 bits per heavy atom. The molecule has 2 rings (SSSR count). The number of amides is 1. The van der Waals surface area contributed by atoms with Crippen molar-refractivity contribution in [3.63, 3.8) is 0 Å². The van der Waals surface area contributed by atoms with E-state index in [1.807, 2.05) is 0 Å². The van der Waals surface area contributed by atoms with E-state index in [4.69, 9.17) is 5.11 Å². The van der Waals surface area contributed by atoms with Crippen LogP contribution in [-0.2, 0) is 9.59 Å². The molecule has 2 fully saturated rings. The Morgan fingerprint density at radius 1 is 1.33 bits per heavy atom. The van der Waals surface area contributed by atoms with Gasteiger partial charge in [-0.25, -0.2) is 0 Å². The molecule has 2 bridgehead atoms. The highest BCUT2D eigenvalue weighted by Crippen LogP contribution is 2.48. The maximum Gasteiger partial charge on any atom is 0.323 e. The van der Waals surface area contributed by atoms with E-state index < -0.39 is 5.97 Å². The highest BCUT2D eigenvalue weighted by Gasteiger charge is 2.43. The van der Waals surface area contributed by atoms with Crippen LogP contribution < -0.4 is 0 Å². The van der Waals surface area contributed by atoms with Crippen molar-refractivity contribution in [3.05, 3.63) is 0 Å². The number of carbonyl (C=O) groups is 2. The molecule has 0 saturated heterocycles. The Kier molecular flexibility index (Phi) is 2.67. The topological polar surface area (TPSA) is 57.6 Å². The van der Waals surface area contributed by atoms with Gasteiger partial charge >= 0.3 is 5.97 Å². The molecule has 0 spiro atoms.